The van der Waals surface area contributed by atoms with E-state index >= 15 is 0 Å². The van der Waals surface area contributed by atoms with Crippen LogP contribution in [0.1, 0.15) is 11.3 Å². The largest absolute Gasteiger partial charge is 0.504 e. The second kappa shape index (κ2) is 3.84. The number of aryl methyl sites for hydroxylation is 2. The van der Waals surface area contributed by atoms with Crippen LogP contribution >= 0.6 is 0 Å². The summed E-state index contributed by atoms with van der Waals surface area (Å²) in [7, 11) is 0. The molecule has 90 valence electrons. The van der Waals surface area contributed by atoms with Gasteiger partial charge in [-0.1, -0.05) is 12.1 Å². The molecule has 0 saturated heterocycles. The van der Waals surface area contributed by atoms with Gasteiger partial charge in [0.05, 0.1) is 11.0 Å². The van der Waals surface area contributed by atoms with E-state index < -0.39 is 0 Å². The van der Waals surface area contributed by atoms with Crippen molar-refractivity contribution in [2.45, 2.75) is 13.8 Å². The van der Waals surface area contributed by atoms with Crippen LogP contribution in [0.5, 0.6) is 5.75 Å². The number of rotatable bonds is 1. The average Bonchev–Trinajstić information content (AvgIpc) is 2.77. The SMILES string of the molecule is Cc1cc(C)c(O)c(-n2cnc3ccccc32)n1. The van der Waals surface area contributed by atoms with Crippen LogP contribution in [0.2, 0.25) is 0 Å². The molecular weight excluding hydrogens is 226 g/mol. The van der Waals surface area contributed by atoms with E-state index in [0.717, 1.165) is 22.3 Å². The van der Waals surface area contributed by atoms with Gasteiger partial charge in [0.2, 0.25) is 0 Å². The van der Waals surface area contributed by atoms with Gasteiger partial charge in [-0.3, -0.25) is 4.57 Å². The number of imidazole rings is 1. The number of aromatic nitrogens is 3. The molecule has 2 heterocycles. The molecule has 0 radical (unpaired) electrons. The summed E-state index contributed by atoms with van der Waals surface area (Å²) in [5.74, 6) is 0.727. The van der Waals surface area contributed by atoms with Gasteiger partial charge in [-0.25, -0.2) is 9.97 Å². The average molecular weight is 239 g/mol. The first-order valence-electron chi connectivity index (χ1n) is 5.76. The Morgan fingerprint density at radius 2 is 1.94 bits per heavy atom. The Hall–Kier alpha value is -2.36. The fourth-order valence-corrected chi connectivity index (χ4v) is 2.11. The van der Waals surface area contributed by atoms with Gasteiger partial charge < -0.3 is 5.11 Å². The Bertz CT molecular complexity index is 731. The topological polar surface area (TPSA) is 50.9 Å². The van der Waals surface area contributed by atoms with E-state index in [9.17, 15) is 5.11 Å². The first-order valence-corrected chi connectivity index (χ1v) is 5.76. The number of para-hydroxylation sites is 2. The molecule has 0 fully saturated rings. The standard InChI is InChI=1S/C14H13N3O/c1-9-7-10(2)16-14(13(9)18)17-8-15-11-5-3-4-6-12(11)17/h3-8,18H,1-2H3. The van der Waals surface area contributed by atoms with Gasteiger partial charge in [-0.05, 0) is 37.6 Å². The van der Waals surface area contributed by atoms with E-state index in [2.05, 4.69) is 9.97 Å². The van der Waals surface area contributed by atoms with E-state index in [4.69, 9.17) is 0 Å². The van der Waals surface area contributed by atoms with Crippen LogP contribution in [0.25, 0.3) is 16.9 Å². The normalized spacial score (nSPS) is 11.0. The number of benzene rings is 1. The van der Waals surface area contributed by atoms with Crippen molar-refractivity contribution in [1.29, 1.82) is 0 Å². The van der Waals surface area contributed by atoms with Gasteiger partial charge in [-0.2, -0.15) is 0 Å². The van der Waals surface area contributed by atoms with Gasteiger partial charge >= 0.3 is 0 Å². The Labute approximate surface area is 105 Å². The molecule has 0 amide bonds. The third-order valence-electron chi connectivity index (χ3n) is 2.97. The molecule has 0 aliphatic heterocycles. The number of pyridine rings is 1. The Kier molecular flexibility index (Phi) is 2.30. The van der Waals surface area contributed by atoms with Crippen LogP contribution in [0, 0.1) is 13.8 Å². The number of hydrogen-bond acceptors (Lipinski definition) is 3. The van der Waals surface area contributed by atoms with Crippen LogP contribution in [0.3, 0.4) is 0 Å². The third kappa shape index (κ3) is 1.54. The maximum absolute atomic E-state index is 10.1. The van der Waals surface area contributed by atoms with Crippen molar-refractivity contribution in [2.75, 3.05) is 0 Å². The summed E-state index contributed by atoms with van der Waals surface area (Å²) in [4.78, 5) is 8.71. The predicted octanol–water partition coefficient (Wildman–Crippen LogP) is 2.74. The molecule has 1 aromatic carbocycles. The molecule has 0 aliphatic carbocycles. The minimum absolute atomic E-state index is 0.198. The quantitative estimate of drug-likeness (QED) is 0.710. The van der Waals surface area contributed by atoms with Crippen molar-refractivity contribution in [1.82, 2.24) is 14.5 Å². The van der Waals surface area contributed by atoms with E-state index in [1.807, 2.05) is 48.7 Å². The van der Waals surface area contributed by atoms with Gasteiger partial charge in [0.1, 0.15) is 6.33 Å². The molecule has 2 aromatic heterocycles. The molecule has 0 unspecified atom stereocenters. The molecule has 4 nitrogen and oxygen atoms in total. The van der Waals surface area contributed by atoms with Gasteiger partial charge in [0.25, 0.3) is 0 Å². The van der Waals surface area contributed by atoms with Crippen molar-refractivity contribution >= 4 is 11.0 Å². The number of fused-ring (bicyclic) bond motifs is 1. The molecule has 3 rings (SSSR count). The lowest BCUT2D eigenvalue weighted by atomic mass is 10.2. The first-order chi connectivity index (χ1) is 8.66. The van der Waals surface area contributed by atoms with Crippen LogP contribution in [0.4, 0.5) is 0 Å². The maximum atomic E-state index is 10.1. The molecule has 0 saturated carbocycles. The summed E-state index contributed by atoms with van der Waals surface area (Å²) >= 11 is 0. The van der Waals surface area contributed by atoms with Crippen LogP contribution in [0.15, 0.2) is 36.7 Å². The van der Waals surface area contributed by atoms with E-state index in [0.29, 0.717) is 5.82 Å². The highest BCUT2D eigenvalue weighted by molar-refractivity contribution is 5.77. The zero-order chi connectivity index (χ0) is 12.7. The number of hydrogen-bond donors (Lipinski definition) is 1. The Morgan fingerprint density at radius 1 is 1.17 bits per heavy atom. The van der Waals surface area contributed by atoms with Crippen LogP contribution in [-0.4, -0.2) is 19.6 Å². The lowest BCUT2D eigenvalue weighted by molar-refractivity contribution is 0.465. The van der Waals surface area contributed by atoms with Crippen molar-refractivity contribution < 1.29 is 5.11 Å². The molecule has 18 heavy (non-hydrogen) atoms. The van der Waals surface area contributed by atoms with E-state index in [1.54, 1.807) is 6.33 Å². The maximum Gasteiger partial charge on any atom is 0.181 e. The summed E-state index contributed by atoms with van der Waals surface area (Å²) in [5.41, 5.74) is 3.51. The highest BCUT2D eigenvalue weighted by Gasteiger charge is 2.12. The molecular formula is C14H13N3O. The van der Waals surface area contributed by atoms with E-state index in [1.165, 1.54) is 0 Å². The Morgan fingerprint density at radius 3 is 2.78 bits per heavy atom. The van der Waals surface area contributed by atoms with Crippen molar-refractivity contribution in [3.63, 3.8) is 0 Å². The minimum atomic E-state index is 0.198. The minimum Gasteiger partial charge on any atom is -0.504 e. The summed E-state index contributed by atoms with van der Waals surface area (Å²) < 4.78 is 1.81. The number of nitrogens with zero attached hydrogens (tertiary/aromatic N) is 3. The number of aromatic hydroxyl groups is 1. The van der Waals surface area contributed by atoms with Crippen LogP contribution in [-0.2, 0) is 0 Å². The smallest absolute Gasteiger partial charge is 0.181 e. The first kappa shape index (κ1) is 10.8. The van der Waals surface area contributed by atoms with Crippen molar-refractivity contribution in [3.05, 3.63) is 47.9 Å². The fourth-order valence-electron chi connectivity index (χ4n) is 2.11. The second-order valence-corrected chi connectivity index (χ2v) is 4.36. The monoisotopic (exact) mass is 239 g/mol. The van der Waals surface area contributed by atoms with Gasteiger partial charge in [0, 0.05) is 5.69 Å². The fraction of sp³-hybridized carbons (Fsp3) is 0.143. The van der Waals surface area contributed by atoms with Gasteiger partial charge in [-0.15, -0.1) is 0 Å². The summed E-state index contributed by atoms with van der Waals surface area (Å²) in [6, 6.07) is 9.64. The summed E-state index contributed by atoms with van der Waals surface area (Å²) in [6.07, 6.45) is 1.69. The summed E-state index contributed by atoms with van der Waals surface area (Å²) in [6.45, 7) is 3.78. The highest BCUT2D eigenvalue weighted by Crippen LogP contribution is 2.27. The predicted molar refractivity (Wildman–Crippen MR) is 70.0 cm³/mol. The zero-order valence-electron chi connectivity index (χ0n) is 10.3. The molecule has 0 aliphatic rings. The van der Waals surface area contributed by atoms with Crippen molar-refractivity contribution in [2.24, 2.45) is 0 Å². The zero-order valence-corrected chi connectivity index (χ0v) is 10.3. The molecule has 3 aromatic rings. The van der Waals surface area contributed by atoms with Crippen LogP contribution < -0.4 is 0 Å². The Balaban J connectivity index is 2.33. The lowest BCUT2D eigenvalue weighted by Crippen LogP contribution is -1.99. The van der Waals surface area contributed by atoms with E-state index in [-0.39, 0.29) is 5.75 Å². The molecule has 0 atom stereocenters. The molecule has 1 N–H and O–H groups in total. The molecule has 0 bridgehead atoms. The molecule has 4 heteroatoms. The third-order valence-corrected chi connectivity index (χ3v) is 2.97. The summed E-state index contributed by atoms with van der Waals surface area (Å²) in [5, 5.41) is 10.1. The van der Waals surface area contributed by atoms with Crippen molar-refractivity contribution in [3.8, 4) is 11.6 Å². The van der Waals surface area contributed by atoms with Gasteiger partial charge in [0.15, 0.2) is 11.6 Å². The molecule has 0 spiro atoms. The highest BCUT2D eigenvalue weighted by atomic mass is 16.3. The second-order valence-electron chi connectivity index (χ2n) is 4.36. The lowest BCUT2D eigenvalue weighted by Gasteiger charge is -2.09.